The van der Waals surface area contributed by atoms with Gasteiger partial charge in [-0.05, 0) is 13.3 Å². The Morgan fingerprint density at radius 3 is 2.40 bits per heavy atom. The van der Waals surface area contributed by atoms with Crippen molar-refractivity contribution in [3.8, 4) is 0 Å². The zero-order chi connectivity index (χ0) is 7.28. The Morgan fingerprint density at radius 2 is 2.10 bits per heavy atom. The summed E-state index contributed by atoms with van der Waals surface area (Å²) in [5.74, 6) is -0.318. The van der Waals surface area contributed by atoms with Gasteiger partial charge in [-0.25, -0.2) is 0 Å². The van der Waals surface area contributed by atoms with E-state index >= 15 is 0 Å². The molecule has 58 valence electrons. The Bertz CT molecular complexity index is 97.7. The molecule has 2 nitrogen and oxygen atoms in total. The Balaban J connectivity index is 0. The maximum Gasteiger partial charge on any atom is 0.324 e. The zero-order valence-corrected chi connectivity index (χ0v) is 9.40. The van der Waals surface area contributed by atoms with Gasteiger partial charge in [0.2, 0.25) is 0 Å². The minimum atomic E-state index is -0.468. The molecule has 0 spiro atoms. The predicted molar refractivity (Wildman–Crippen MR) is 36.6 cm³/mol. The second kappa shape index (κ2) is 7.75. The van der Waals surface area contributed by atoms with Crippen molar-refractivity contribution in [1.29, 1.82) is 0 Å². The molecule has 0 aromatic rings. The Labute approximate surface area is 85.4 Å². The average Bonchev–Trinajstić information content (AvgIpc) is 1.87. The molecular weight excluding hydrogens is 231 g/mol. The third-order valence-corrected chi connectivity index (χ3v) is 1.39. The van der Waals surface area contributed by atoms with Gasteiger partial charge < -0.3 is 4.74 Å². The molecular formula is C6H11ClO2Zr. The first-order chi connectivity index (χ1) is 4.22. The van der Waals surface area contributed by atoms with Crippen LogP contribution in [-0.2, 0) is 35.7 Å². The van der Waals surface area contributed by atoms with Crippen LogP contribution in [0.25, 0.3) is 0 Å². The van der Waals surface area contributed by atoms with Crippen molar-refractivity contribution >= 4 is 17.6 Å². The normalized spacial score (nSPS) is 11.5. The molecule has 1 unspecified atom stereocenters. The number of ether oxygens (including phenoxy) is 1. The fourth-order valence-electron chi connectivity index (χ4n) is 0.399. The van der Waals surface area contributed by atoms with Crippen LogP contribution in [0.3, 0.4) is 0 Å². The van der Waals surface area contributed by atoms with Crippen LogP contribution in [0.5, 0.6) is 0 Å². The minimum Gasteiger partial charge on any atom is -0.465 e. The van der Waals surface area contributed by atoms with E-state index in [1.165, 1.54) is 0 Å². The molecule has 0 saturated carbocycles. The molecule has 0 fully saturated rings. The number of esters is 1. The SMILES string of the molecule is CCOC(=O)C(Cl)CC.[Zr]. The maximum absolute atomic E-state index is 10.6. The summed E-state index contributed by atoms with van der Waals surface area (Å²) in [4.78, 5) is 10.6. The van der Waals surface area contributed by atoms with Crippen molar-refractivity contribution in [3.63, 3.8) is 0 Å². The number of alkyl halides is 1. The largest absolute Gasteiger partial charge is 0.465 e. The molecule has 10 heavy (non-hydrogen) atoms. The first kappa shape index (κ1) is 13.2. The molecule has 1 atom stereocenters. The smallest absolute Gasteiger partial charge is 0.324 e. The van der Waals surface area contributed by atoms with Gasteiger partial charge in [-0.15, -0.1) is 11.6 Å². The molecule has 0 amide bonds. The van der Waals surface area contributed by atoms with Gasteiger partial charge in [0, 0.05) is 26.2 Å². The minimum absolute atomic E-state index is 0. The fraction of sp³-hybridized carbons (Fsp3) is 0.833. The molecule has 0 heterocycles. The van der Waals surface area contributed by atoms with Gasteiger partial charge in [0.15, 0.2) is 0 Å². The van der Waals surface area contributed by atoms with Crippen LogP contribution in [-0.4, -0.2) is 18.0 Å². The van der Waals surface area contributed by atoms with Crippen LogP contribution in [0.2, 0.25) is 0 Å². The summed E-state index contributed by atoms with van der Waals surface area (Å²) in [5.41, 5.74) is 0. The van der Waals surface area contributed by atoms with Crippen LogP contribution in [0, 0.1) is 0 Å². The molecule has 0 radical (unpaired) electrons. The monoisotopic (exact) mass is 240 g/mol. The van der Waals surface area contributed by atoms with E-state index < -0.39 is 5.38 Å². The molecule has 0 saturated heterocycles. The summed E-state index contributed by atoms with van der Waals surface area (Å²) < 4.78 is 4.62. The fourth-order valence-corrected chi connectivity index (χ4v) is 0.462. The standard InChI is InChI=1S/C6H11ClO2.Zr/c1-3-5(7)6(8)9-4-2;/h5H,3-4H2,1-2H3;. The third kappa shape index (κ3) is 5.43. The van der Waals surface area contributed by atoms with Crippen molar-refractivity contribution in [2.24, 2.45) is 0 Å². The zero-order valence-electron chi connectivity index (χ0n) is 6.19. The molecule has 4 heteroatoms. The first-order valence-corrected chi connectivity index (χ1v) is 3.46. The summed E-state index contributed by atoms with van der Waals surface area (Å²) in [7, 11) is 0. The summed E-state index contributed by atoms with van der Waals surface area (Å²) in [6.45, 7) is 4.01. The van der Waals surface area contributed by atoms with Crippen molar-refractivity contribution in [2.45, 2.75) is 25.6 Å². The van der Waals surface area contributed by atoms with E-state index in [-0.39, 0.29) is 32.2 Å². The molecule has 0 aliphatic rings. The van der Waals surface area contributed by atoms with Crippen molar-refractivity contribution in [3.05, 3.63) is 0 Å². The molecule has 0 aliphatic heterocycles. The number of hydrogen-bond acceptors (Lipinski definition) is 2. The van der Waals surface area contributed by atoms with E-state index in [1.54, 1.807) is 6.92 Å². The average molecular weight is 242 g/mol. The molecule has 0 bridgehead atoms. The van der Waals surface area contributed by atoms with Crippen LogP contribution in [0.15, 0.2) is 0 Å². The number of carbonyl (C=O) groups excluding carboxylic acids is 1. The molecule has 0 N–H and O–H groups in total. The van der Waals surface area contributed by atoms with Crippen molar-refractivity contribution < 1.29 is 35.7 Å². The van der Waals surface area contributed by atoms with Gasteiger partial charge in [0.1, 0.15) is 5.38 Å². The molecule has 0 rings (SSSR count). The van der Waals surface area contributed by atoms with Crippen LogP contribution in [0.1, 0.15) is 20.3 Å². The second-order valence-electron chi connectivity index (χ2n) is 1.63. The van der Waals surface area contributed by atoms with Gasteiger partial charge in [0.25, 0.3) is 0 Å². The van der Waals surface area contributed by atoms with Gasteiger partial charge in [-0.3, -0.25) is 4.79 Å². The van der Waals surface area contributed by atoms with E-state index in [1.807, 2.05) is 6.92 Å². The predicted octanol–water partition coefficient (Wildman–Crippen LogP) is 1.56. The van der Waals surface area contributed by atoms with Crippen molar-refractivity contribution in [1.82, 2.24) is 0 Å². The van der Waals surface area contributed by atoms with E-state index in [4.69, 9.17) is 11.6 Å². The van der Waals surface area contributed by atoms with E-state index in [0.29, 0.717) is 13.0 Å². The molecule has 0 aromatic heterocycles. The van der Waals surface area contributed by atoms with E-state index in [2.05, 4.69) is 4.74 Å². The number of carbonyl (C=O) groups is 1. The number of rotatable bonds is 3. The molecule has 0 aliphatic carbocycles. The summed E-state index contributed by atoms with van der Waals surface area (Å²) in [5, 5.41) is -0.468. The topological polar surface area (TPSA) is 26.3 Å². The van der Waals surface area contributed by atoms with Crippen LogP contribution < -0.4 is 0 Å². The van der Waals surface area contributed by atoms with Gasteiger partial charge >= 0.3 is 5.97 Å². The summed E-state index contributed by atoms with van der Waals surface area (Å²) in [6, 6.07) is 0. The van der Waals surface area contributed by atoms with Crippen LogP contribution >= 0.6 is 11.6 Å². The third-order valence-electron chi connectivity index (χ3n) is 0.901. The number of hydrogen-bond donors (Lipinski definition) is 0. The quantitative estimate of drug-likeness (QED) is 0.554. The first-order valence-electron chi connectivity index (χ1n) is 3.03. The van der Waals surface area contributed by atoms with Gasteiger partial charge in [-0.2, -0.15) is 0 Å². The maximum atomic E-state index is 10.6. The van der Waals surface area contributed by atoms with Gasteiger partial charge in [-0.1, -0.05) is 6.92 Å². The summed E-state index contributed by atoms with van der Waals surface area (Å²) in [6.07, 6.45) is 0.625. The van der Waals surface area contributed by atoms with Crippen LogP contribution in [0.4, 0.5) is 0 Å². The van der Waals surface area contributed by atoms with E-state index in [9.17, 15) is 4.79 Å². The second-order valence-corrected chi connectivity index (χ2v) is 2.15. The summed E-state index contributed by atoms with van der Waals surface area (Å²) >= 11 is 5.52. The Hall–Kier alpha value is 0.643. The van der Waals surface area contributed by atoms with Gasteiger partial charge in [0.05, 0.1) is 6.61 Å². The van der Waals surface area contributed by atoms with E-state index in [0.717, 1.165) is 0 Å². The number of halogens is 1. The Kier molecular flexibility index (Phi) is 10.3. The Morgan fingerprint density at radius 1 is 1.60 bits per heavy atom. The molecule has 0 aromatic carbocycles. The van der Waals surface area contributed by atoms with Crippen molar-refractivity contribution in [2.75, 3.05) is 6.61 Å².